The van der Waals surface area contributed by atoms with E-state index in [0.717, 1.165) is 61.4 Å². The van der Waals surface area contributed by atoms with Gasteiger partial charge in [0.25, 0.3) is 5.56 Å². The van der Waals surface area contributed by atoms with Crippen LogP contribution < -0.4 is 5.56 Å². The van der Waals surface area contributed by atoms with Crippen LogP contribution in [0.25, 0.3) is 17.1 Å². The molecule has 1 saturated carbocycles. The van der Waals surface area contributed by atoms with Gasteiger partial charge in [-0.05, 0) is 68.4 Å². The third kappa shape index (κ3) is 4.01. The Labute approximate surface area is 180 Å². The lowest BCUT2D eigenvalue weighted by molar-refractivity contribution is 0.0640. The minimum atomic E-state index is 0.0137. The molecule has 1 aliphatic carbocycles. The maximum Gasteiger partial charge on any atom is 0.276 e. The molecule has 6 nitrogen and oxygen atoms in total. The molecule has 0 bridgehead atoms. The second kappa shape index (κ2) is 8.47. The van der Waals surface area contributed by atoms with Gasteiger partial charge in [0.1, 0.15) is 0 Å². The Kier molecular flexibility index (Phi) is 5.56. The molecule has 7 heteroatoms. The third-order valence-electron chi connectivity index (χ3n) is 6.34. The van der Waals surface area contributed by atoms with Crippen LogP contribution in [0, 0.1) is 5.92 Å². The molecule has 0 atom stereocenters. The quantitative estimate of drug-likeness (QED) is 0.547. The predicted molar refractivity (Wildman–Crippen MR) is 120 cm³/mol. The monoisotopic (exact) mass is 424 g/mol. The summed E-state index contributed by atoms with van der Waals surface area (Å²) in [6, 6.07) is 10.4. The van der Waals surface area contributed by atoms with Gasteiger partial charge in [-0.1, -0.05) is 12.1 Å². The van der Waals surface area contributed by atoms with Crippen LogP contribution in [0.4, 0.5) is 0 Å². The zero-order valence-electron chi connectivity index (χ0n) is 17.3. The van der Waals surface area contributed by atoms with Gasteiger partial charge in [0.05, 0.1) is 5.69 Å². The van der Waals surface area contributed by atoms with Gasteiger partial charge in [0.15, 0.2) is 5.82 Å². The van der Waals surface area contributed by atoms with Crippen LogP contribution in [0.15, 0.2) is 40.0 Å². The van der Waals surface area contributed by atoms with E-state index in [1.54, 1.807) is 16.4 Å². The van der Waals surface area contributed by atoms with Crippen LogP contribution in [0.5, 0.6) is 0 Å². The molecular weight excluding hydrogens is 396 g/mol. The molecule has 158 valence electrons. The van der Waals surface area contributed by atoms with Gasteiger partial charge in [-0.25, -0.2) is 0 Å². The highest BCUT2D eigenvalue weighted by molar-refractivity contribution is 7.98. The summed E-state index contributed by atoms with van der Waals surface area (Å²) in [6.07, 6.45) is 8.42. The number of hydrogen-bond acceptors (Lipinski definition) is 4. The van der Waals surface area contributed by atoms with E-state index in [4.69, 9.17) is 4.74 Å². The van der Waals surface area contributed by atoms with E-state index in [2.05, 4.69) is 45.8 Å². The zero-order valence-corrected chi connectivity index (χ0v) is 18.1. The Hall–Kier alpha value is -2.25. The first-order valence-electron chi connectivity index (χ1n) is 10.8. The normalized spacial score (nSPS) is 17.5. The predicted octanol–water partition coefficient (Wildman–Crippen LogP) is 4.51. The van der Waals surface area contributed by atoms with E-state index in [0.29, 0.717) is 17.7 Å². The third-order valence-corrected chi connectivity index (χ3v) is 7.08. The van der Waals surface area contributed by atoms with Crippen molar-refractivity contribution in [2.24, 2.45) is 5.92 Å². The summed E-state index contributed by atoms with van der Waals surface area (Å²) in [7, 11) is 0. The summed E-state index contributed by atoms with van der Waals surface area (Å²) in [4.78, 5) is 14.6. The van der Waals surface area contributed by atoms with Gasteiger partial charge in [-0.15, -0.1) is 11.8 Å². The van der Waals surface area contributed by atoms with Crippen molar-refractivity contribution in [3.8, 4) is 17.1 Å². The fourth-order valence-electron chi connectivity index (χ4n) is 4.29. The number of H-pyrrole nitrogens is 2. The van der Waals surface area contributed by atoms with E-state index in [9.17, 15) is 4.79 Å². The summed E-state index contributed by atoms with van der Waals surface area (Å²) in [6.45, 7) is 1.67. The lowest BCUT2D eigenvalue weighted by Crippen LogP contribution is -2.20. The number of aromatic amines is 2. The Bertz CT molecular complexity index is 1060. The fourth-order valence-corrected chi connectivity index (χ4v) is 4.70. The molecule has 0 spiro atoms. The standard InChI is InChI=1S/C23H28N4O2S/c1-30-18-7-5-17(6-8-18)22-19(9-2-15-10-12-29-13-11-15)23(28)27(26-22)21-14-20(24-25-21)16-3-4-16/h5-8,14-16,26H,2-4,9-13H2,1H3,(H,24,25). The number of hydrogen-bond donors (Lipinski definition) is 2. The first kappa shape index (κ1) is 19.7. The minimum Gasteiger partial charge on any atom is -0.381 e. The first-order valence-corrected chi connectivity index (χ1v) is 12.1. The number of ether oxygens (including phenoxy) is 1. The van der Waals surface area contributed by atoms with Crippen LogP contribution in [0.2, 0.25) is 0 Å². The lowest BCUT2D eigenvalue weighted by Gasteiger charge is -2.21. The zero-order chi connectivity index (χ0) is 20.5. The van der Waals surface area contributed by atoms with Crippen molar-refractivity contribution in [3.63, 3.8) is 0 Å². The number of nitrogens with zero attached hydrogens (tertiary/aromatic N) is 2. The molecule has 2 aromatic heterocycles. The molecule has 3 aromatic rings. The molecule has 2 N–H and O–H groups in total. The molecule has 1 saturated heterocycles. The molecule has 2 aliphatic rings. The molecule has 0 amide bonds. The fraction of sp³-hybridized carbons (Fsp3) is 0.478. The summed E-state index contributed by atoms with van der Waals surface area (Å²) >= 11 is 1.72. The van der Waals surface area contributed by atoms with E-state index in [-0.39, 0.29) is 5.56 Å². The van der Waals surface area contributed by atoms with E-state index >= 15 is 0 Å². The molecule has 2 fully saturated rings. The molecule has 3 heterocycles. The summed E-state index contributed by atoms with van der Waals surface area (Å²) < 4.78 is 7.10. The second-order valence-corrected chi connectivity index (χ2v) is 9.26. The average Bonchev–Trinajstić information content (AvgIpc) is 3.44. The SMILES string of the molecule is CSc1ccc(-c2[nH]n(-c3cc(C4CC4)[nH]n3)c(=O)c2CCC2CCOCC2)cc1. The molecule has 30 heavy (non-hydrogen) atoms. The highest BCUT2D eigenvalue weighted by Crippen LogP contribution is 2.39. The van der Waals surface area contributed by atoms with Crippen molar-refractivity contribution >= 4 is 11.8 Å². The van der Waals surface area contributed by atoms with Crippen LogP contribution >= 0.6 is 11.8 Å². The maximum atomic E-state index is 13.4. The minimum absolute atomic E-state index is 0.0137. The molecule has 1 aromatic carbocycles. The highest BCUT2D eigenvalue weighted by Gasteiger charge is 2.27. The van der Waals surface area contributed by atoms with Crippen LogP contribution in [0.3, 0.4) is 0 Å². The number of thioether (sulfide) groups is 1. The number of aromatic nitrogens is 4. The lowest BCUT2D eigenvalue weighted by atomic mass is 9.92. The topological polar surface area (TPSA) is 75.7 Å². The maximum absolute atomic E-state index is 13.4. The second-order valence-electron chi connectivity index (χ2n) is 8.38. The van der Waals surface area contributed by atoms with Gasteiger partial charge in [-0.2, -0.15) is 9.78 Å². The molecule has 1 aliphatic heterocycles. The summed E-state index contributed by atoms with van der Waals surface area (Å²) in [5, 5.41) is 10.9. The van der Waals surface area contributed by atoms with Crippen molar-refractivity contribution in [3.05, 3.63) is 51.9 Å². The van der Waals surface area contributed by atoms with Crippen LogP contribution in [0.1, 0.15) is 49.3 Å². The Balaban J connectivity index is 1.49. The van der Waals surface area contributed by atoms with Gasteiger partial charge >= 0.3 is 0 Å². The van der Waals surface area contributed by atoms with Crippen molar-refractivity contribution in [1.29, 1.82) is 0 Å². The van der Waals surface area contributed by atoms with Crippen molar-refractivity contribution in [2.45, 2.75) is 49.3 Å². The van der Waals surface area contributed by atoms with Gasteiger partial charge < -0.3 is 4.74 Å². The first-order chi connectivity index (χ1) is 14.7. The Morgan fingerprint density at radius 2 is 1.93 bits per heavy atom. The Morgan fingerprint density at radius 3 is 2.63 bits per heavy atom. The van der Waals surface area contributed by atoms with E-state index < -0.39 is 0 Å². The molecular formula is C23H28N4O2S. The van der Waals surface area contributed by atoms with Crippen LogP contribution in [-0.4, -0.2) is 39.4 Å². The summed E-state index contributed by atoms with van der Waals surface area (Å²) in [5.41, 5.74) is 3.95. The molecule has 0 radical (unpaired) electrons. The van der Waals surface area contributed by atoms with Gasteiger partial charge in [0, 0.05) is 41.4 Å². The van der Waals surface area contributed by atoms with Gasteiger partial charge in [0.2, 0.25) is 0 Å². The number of nitrogens with one attached hydrogen (secondary N) is 2. The Morgan fingerprint density at radius 1 is 1.17 bits per heavy atom. The summed E-state index contributed by atoms with van der Waals surface area (Å²) in [5.74, 6) is 1.85. The average molecular weight is 425 g/mol. The highest BCUT2D eigenvalue weighted by atomic mass is 32.2. The van der Waals surface area contributed by atoms with Crippen molar-refractivity contribution in [2.75, 3.05) is 19.5 Å². The van der Waals surface area contributed by atoms with Crippen molar-refractivity contribution < 1.29 is 4.74 Å². The number of rotatable bonds is 7. The molecule has 5 rings (SSSR count). The molecule has 0 unspecified atom stereocenters. The largest absolute Gasteiger partial charge is 0.381 e. The smallest absolute Gasteiger partial charge is 0.276 e. The van der Waals surface area contributed by atoms with Crippen LogP contribution in [-0.2, 0) is 11.2 Å². The number of benzene rings is 1. The van der Waals surface area contributed by atoms with Gasteiger partial charge in [-0.3, -0.25) is 15.0 Å². The van der Waals surface area contributed by atoms with E-state index in [1.807, 2.05) is 6.07 Å². The van der Waals surface area contributed by atoms with Crippen molar-refractivity contribution in [1.82, 2.24) is 20.0 Å². The van der Waals surface area contributed by atoms with E-state index in [1.165, 1.54) is 17.7 Å².